The van der Waals surface area contributed by atoms with Crippen molar-refractivity contribution in [3.05, 3.63) is 29.8 Å². The van der Waals surface area contributed by atoms with Crippen LogP contribution in [0.3, 0.4) is 0 Å². The quantitative estimate of drug-likeness (QED) is 0.571. The van der Waals surface area contributed by atoms with Gasteiger partial charge in [0.15, 0.2) is 5.41 Å². The molecule has 5 heteroatoms. The van der Waals surface area contributed by atoms with Crippen molar-refractivity contribution < 1.29 is 14.3 Å². The van der Waals surface area contributed by atoms with Crippen molar-refractivity contribution in [1.82, 2.24) is 0 Å². The normalized spacial score (nSPS) is 38.0. The number of Topliss-reactive ketones (excluding diaryl/α,β-unsaturated/α-hetero) is 1. The Hall–Kier alpha value is -2.66. The fourth-order valence-corrected chi connectivity index (χ4v) is 7.16. The molecule has 2 atom stereocenters. The molecule has 6 rings (SSSR count). The second kappa shape index (κ2) is 6.17. The van der Waals surface area contributed by atoms with Gasteiger partial charge in [-0.2, -0.15) is 10.5 Å². The average Bonchev–Trinajstić information content (AvgIpc) is 3.35. The number of ether oxygens (including phenoxy) is 1. The summed E-state index contributed by atoms with van der Waals surface area (Å²) in [6.07, 6.45) is 6.58. The van der Waals surface area contributed by atoms with Gasteiger partial charge < -0.3 is 4.74 Å². The summed E-state index contributed by atoms with van der Waals surface area (Å²) in [6, 6.07) is 11.3. The lowest BCUT2D eigenvalue weighted by Gasteiger charge is -2.56. The Bertz CT molecular complexity index is 916. The molecule has 5 saturated carbocycles. The molecular formula is C24H24N2O3. The summed E-state index contributed by atoms with van der Waals surface area (Å²) in [5.41, 5.74) is -0.791. The van der Waals surface area contributed by atoms with Gasteiger partial charge in [-0.05, 0) is 74.0 Å². The molecule has 5 aliphatic carbocycles. The van der Waals surface area contributed by atoms with E-state index in [-0.39, 0.29) is 11.2 Å². The molecule has 0 N–H and O–H groups in total. The van der Waals surface area contributed by atoms with E-state index < -0.39 is 23.2 Å². The summed E-state index contributed by atoms with van der Waals surface area (Å²) >= 11 is 0. The molecule has 0 heterocycles. The number of carbonyl (C=O) groups is 2. The Kier molecular flexibility index (Phi) is 3.91. The van der Waals surface area contributed by atoms with Gasteiger partial charge in [0, 0.05) is 18.3 Å². The van der Waals surface area contributed by atoms with Crippen molar-refractivity contribution in [1.29, 1.82) is 10.5 Å². The first-order valence-electron chi connectivity index (χ1n) is 10.6. The third kappa shape index (κ3) is 2.64. The van der Waals surface area contributed by atoms with Gasteiger partial charge >= 0.3 is 5.97 Å². The van der Waals surface area contributed by atoms with E-state index in [1.54, 1.807) is 24.3 Å². The highest BCUT2D eigenvalue weighted by molar-refractivity contribution is 5.94. The van der Waals surface area contributed by atoms with Gasteiger partial charge in [-0.25, -0.2) is 0 Å². The number of nitrogens with zero attached hydrogens (tertiary/aromatic N) is 2. The first-order chi connectivity index (χ1) is 13.9. The minimum absolute atomic E-state index is 0.161. The van der Waals surface area contributed by atoms with Crippen LogP contribution in [0.15, 0.2) is 24.3 Å². The summed E-state index contributed by atoms with van der Waals surface area (Å²) in [4.78, 5) is 25.0. The minimum atomic E-state index is -1.27. The van der Waals surface area contributed by atoms with Gasteiger partial charge in [-0.15, -0.1) is 0 Å². The Balaban J connectivity index is 1.45. The zero-order valence-electron chi connectivity index (χ0n) is 16.6. The van der Waals surface area contributed by atoms with Gasteiger partial charge in [-0.1, -0.05) is 12.1 Å². The van der Waals surface area contributed by atoms with E-state index in [1.165, 1.54) is 26.2 Å². The molecule has 0 radical (unpaired) electrons. The highest BCUT2D eigenvalue weighted by Crippen LogP contribution is 2.70. The molecule has 0 amide bonds. The Morgan fingerprint density at radius 2 is 1.48 bits per heavy atom. The third-order valence-electron chi connectivity index (χ3n) is 7.92. The van der Waals surface area contributed by atoms with Crippen LogP contribution >= 0.6 is 0 Å². The maximum Gasteiger partial charge on any atom is 0.308 e. The number of esters is 1. The van der Waals surface area contributed by atoms with Crippen LogP contribution in [0.4, 0.5) is 0 Å². The molecule has 148 valence electrons. The lowest BCUT2D eigenvalue weighted by Crippen LogP contribution is -2.50. The molecule has 4 bridgehead atoms. The van der Waals surface area contributed by atoms with Crippen molar-refractivity contribution in [2.45, 2.75) is 51.4 Å². The number of nitriles is 2. The average molecular weight is 388 g/mol. The summed E-state index contributed by atoms with van der Waals surface area (Å²) in [7, 11) is 0. The van der Waals surface area contributed by atoms with Crippen LogP contribution in [-0.2, 0) is 9.59 Å². The number of benzene rings is 1. The summed E-state index contributed by atoms with van der Waals surface area (Å²) in [6.45, 7) is 1.34. The Morgan fingerprint density at radius 1 is 0.966 bits per heavy atom. The fourth-order valence-electron chi connectivity index (χ4n) is 7.16. The monoisotopic (exact) mass is 388 g/mol. The van der Waals surface area contributed by atoms with E-state index >= 15 is 0 Å². The molecule has 5 fully saturated rings. The van der Waals surface area contributed by atoms with Crippen molar-refractivity contribution in [2.75, 3.05) is 0 Å². The van der Waals surface area contributed by atoms with Gasteiger partial charge in [0.25, 0.3) is 0 Å². The van der Waals surface area contributed by atoms with E-state index in [2.05, 4.69) is 12.1 Å². The Morgan fingerprint density at radius 3 is 1.93 bits per heavy atom. The zero-order valence-corrected chi connectivity index (χ0v) is 16.6. The number of ketones is 1. The molecular weight excluding hydrogens is 364 g/mol. The van der Waals surface area contributed by atoms with Gasteiger partial charge in [0.1, 0.15) is 11.5 Å². The number of hydrogen-bond donors (Lipinski definition) is 0. The van der Waals surface area contributed by atoms with Gasteiger partial charge in [0.05, 0.1) is 18.1 Å². The van der Waals surface area contributed by atoms with Crippen molar-refractivity contribution in [2.24, 2.45) is 34.5 Å². The second-order valence-electron chi connectivity index (χ2n) is 9.77. The minimum Gasteiger partial charge on any atom is -0.427 e. The largest absolute Gasteiger partial charge is 0.427 e. The molecule has 5 aliphatic rings. The van der Waals surface area contributed by atoms with Crippen LogP contribution in [-0.4, -0.2) is 11.8 Å². The summed E-state index contributed by atoms with van der Waals surface area (Å²) < 4.78 is 5.08. The lowest BCUT2D eigenvalue weighted by molar-refractivity contribution is -0.145. The van der Waals surface area contributed by atoms with E-state index in [0.717, 1.165) is 24.8 Å². The van der Waals surface area contributed by atoms with Crippen molar-refractivity contribution in [3.63, 3.8) is 0 Å². The second-order valence-corrected chi connectivity index (χ2v) is 9.77. The molecule has 1 aromatic rings. The smallest absolute Gasteiger partial charge is 0.308 e. The van der Waals surface area contributed by atoms with Crippen LogP contribution < -0.4 is 4.74 Å². The van der Waals surface area contributed by atoms with E-state index in [9.17, 15) is 20.1 Å². The number of carbonyl (C=O) groups excluding carboxylic acids is 2. The first kappa shape index (κ1) is 18.4. The third-order valence-corrected chi connectivity index (χ3v) is 7.92. The van der Waals surface area contributed by atoms with E-state index in [0.29, 0.717) is 23.5 Å². The SMILES string of the molecule is CC(=O)Oc1ccc(C2C(C(=O)C34CC5CC(CC(C5)C3)C4)C2(C#N)C#N)cc1. The summed E-state index contributed by atoms with van der Waals surface area (Å²) in [5, 5.41) is 19.7. The van der Waals surface area contributed by atoms with Crippen molar-refractivity contribution >= 4 is 11.8 Å². The van der Waals surface area contributed by atoms with Crippen LogP contribution in [0.5, 0.6) is 5.75 Å². The number of hydrogen-bond acceptors (Lipinski definition) is 5. The van der Waals surface area contributed by atoms with E-state index in [1.807, 2.05) is 0 Å². The van der Waals surface area contributed by atoms with Crippen LogP contribution in [0.25, 0.3) is 0 Å². The van der Waals surface area contributed by atoms with E-state index in [4.69, 9.17) is 4.74 Å². The highest BCUT2D eigenvalue weighted by Gasteiger charge is 2.73. The summed E-state index contributed by atoms with van der Waals surface area (Å²) in [5.74, 6) is 1.16. The molecule has 0 saturated heterocycles. The molecule has 0 aliphatic heterocycles. The predicted molar refractivity (Wildman–Crippen MR) is 103 cm³/mol. The highest BCUT2D eigenvalue weighted by atomic mass is 16.5. The molecule has 0 spiro atoms. The van der Waals surface area contributed by atoms with Gasteiger partial charge in [0.2, 0.25) is 0 Å². The predicted octanol–water partition coefficient (Wildman–Crippen LogP) is 4.14. The van der Waals surface area contributed by atoms with Gasteiger partial charge in [-0.3, -0.25) is 9.59 Å². The Labute approximate surface area is 170 Å². The maximum atomic E-state index is 13.8. The molecule has 5 nitrogen and oxygen atoms in total. The fraction of sp³-hybridized carbons (Fsp3) is 0.583. The van der Waals surface area contributed by atoms with Crippen LogP contribution in [0, 0.1) is 57.2 Å². The van der Waals surface area contributed by atoms with Crippen LogP contribution in [0.1, 0.15) is 56.9 Å². The maximum absolute atomic E-state index is 13.8. The molecule has 0 aromatic heterocycles. The molecule has 2 unspecified atom stereocenters. The molecule has 1 aromatic carbocycles. The zero-order chi connectivity index (χ0) is 20.4. The number of rotatable bonds is 4. The first-order valence-corrected chi connectivity index (χ1v) is 10.6. The lowest BCUT2D eigenvalue weighted by atomic mass is 9.48. The molecule has 29 heavy (non-hydrogen) atoms. The van der Waals surface area contributed by atoms with Crippen LogP contribution in [0.2, 0.25) is 0 Å². The standard InChI is InChI=1S/C24H24N2O3/c1-14(27)29-19-4-2-18(3-5-19)20-21(24(20,12-25)13-26)22(28)23-9-15-6-16(10-23)8-17(7-15)11-23/h2-5,15-17,20-21H,6-11H2,1H3. The topological polar surface area (TPSA) is 90.9 Å². The van der Waals surface area contributed by atoms with Crippen molar-refractivity contribution in [3.8, 4) is 17.9 Å².